The maximum Gasteiger partial charge on any atom is 0.0703 e. The van der Waals surface area contributed by atoms with Gasteiger partial charge in [-0.25, -0.2) is 0 Å². The number of hydrogen-bond donors (Lipinski definition) is 0. The van der Waals surface area contributed by atoms with Gasteiger partial charge in [0.25, 0.3) is 0 Å². The molecule has 1 unspecified atom stereocenters. The second kappa shape index (κ2) is 7.55. The molecule has 0 amide bonds. The minimum atomic E-state index is 0.290. The SMILES string of the molecule is C=CCC(CSc1ccccc1)OCC. The molecule has 0 radical (unpaired) electrons. The highest BCUT2D eigenvalue weighted by molar-refractivity contribution is 7.99. The number of benzene rings is 1. The first kappa shape index (κ1) is 12.3. The van der Waals surface area contributed by atoms with Crippen LogP contribution in [0.2, 0.25) is 0 Å². The first-order valence-corrected chi connectivity index (χ1v) is 6.25. The molecule has 0 aliphatic rings. The van der Waals surface area contributed by atoms with Crippen molar-refractivity contribution in [2.24, 2.45) is 0 Å². The zero-order chi connectivity index (χ0) is 10.9. The predicted molar refractivity (Wildman–Crippen MR) is 67.4 cm³/mol. The molecule has 0 aliphatic heterocycles. The van der Waals surface area contributed by atoms with E-state index < -0.39 is 0 Å². The van der Waals surface area contributed by atoms with E-state index in [1.165, 1.54) is 4.90 Å². The second-order valence-electron chi connectivity index (χ2n) is 3.23. The lowest BCUT2D eigenvalue weighted by Crippen LogP contribution is -2.14. The number of thioether (sulfide) groups is 1. The third-order valence-corrected chi connectivity index (χ3v) is 3.15. The van der Waals surface area contributed by atoms with Gasteiger partial charge in [0.2, 0.25) is 0 Å². The summed E-state index contributed by atoms with van der Waals surface area (Å²) >= 11 is 1.84. The molecule has 0 saturated heterocycles. The third kappa shape index (κ3) is 5.05. The molecular formula is C13H18OS. The van der Waals surface area contributed by atoms with Gasteiger partial charge in [-0.1, -0.05) is 24.3 Å². The van der Waals surface area contributed by atoms with Crippen molar-refractivity contribution in [1.29, 1.82) is 0 Å². The van der Waals surface area contributed by atoms with Crippen LogP contribution in [0.15, 0.2) is 47.9 Å². The van der Waals surface area contributed by atoms with Crippen LogP contribution < -0.4 is 0 Å². The van der Waals surface area contributed by atoms with E-state index in [0.717, 1.165) is 18.8 Å². The Balaban J connectivity index is 2.36. The monoisotopic (exact) mass is 222 g/mol. The fourth-order valence-corrected chi connectivity index (χ4v) is 2.27. The van der Waals surface area contributed by atoms with E-state index in [1.807, 2.05) is 30.8 Å². The Bertz CT molecular complexity index is 271. The number of hydrogen-bond acceptors (Lipinski definition) is 2. The van der Waals surface area contributed by atoms with Crippen LogP contribution in [0.5, 0.6) is 0 Å². The molecule has 0 saturated carbocycles. The quantitative estimate of drug-likeness (QED) is 0.513. The topological polar surface area (TPSA) is 9.23 Å². The summed E-state index contributed by atoms with van der Waals surface area (Å²) < 4.78 is 5.61. The molecule has 1 aromatic carbocycles. The minimum absolute atomic E-state index is 0.290. The van der Waals surface area contributed by atoms with Gasteiger partial charge < -0.3 is 4.74 Å². The lowest BCUT2D eigenvalue weighted by Gasteiger charge is -2.14. The Labute approximate surface area is 96.5 Å². The van der Waals surface area contributed by atoms with E-state index in [2.05, 4.69) is 30.8 Å². The summed E-state index contributed by atoms with van der Waals surface area (Å²) in [5.74, 6) is 0.990. The molecule has 0 heterocycles. The van der Waals surface area contributed by atoms with Gasteiger partial charge in [0.15, 0.2) is 0 Å². The van der Waals surface area contributed by atoms with Crippen molar-refractivity contribution in [1.82, 2.24) is 0 Å². The zero-order valence-corrected chi connectivity index (χ0v) is 10.0. The summed E-state index contributed by atoms with van der Waals surface area (Å²) in [7, 11) is 0. The zero-order valence-electron chi connectivity index (χ0n) is 9.19. The van der Waals surface area contributed by atoms with E-state index in [0.29, 0.717) is 0 Å². The molecule has 0 fully saturated rings. The van der Waals surface area contributed by atoms with Crippen LogP contribution in [0, 0.1) is 0 Å². The Kier molecular flexibility index (Phi) is 6.21. The van der Waals surface area contributed by atoms with Crippen molar-refractivity contribution in [2.75, 3.05) is 12.4 Å². The van der Waals surface area contributed by atoms with Crippen molar-refractivity contribution >= 4 is 11.8 Å². The van der Waals surface area contributed by atoms with Crippen molar-refractivity contribution < 1.29 is 4.74 Å². The van der Waals surface area contributed by atoms with E-state index in [9.17, 15) is 0 Å². The van der Waals surface area contributed by atoms with Gasteiger partial charge in [-0.3, -0.25) is 0 Å². The van der Waals surface area contributed by atoms with Gasteiger partial charge in [-0.15, -0.1) is 18.3 Å². The summed E-state index contributed by atoms with van der Waals surface area (Å²) in [6.07, 6.45) is 3.14. The molecule has 0 bridgehead atoms. The van der Waals surface area contributed by atoms with Crippen molar-refractivity contribution in [3.05, 3.63) is 43.0 Å². The Hall–Kier alpha value is -0.730. The van der Waals surface area contributed by atoms with Crippen LogP contribution in [0.3, 0.4) is 0 Å². The van der Waals surface area contributed by atoms with Crippen molar-refractivity contribution in [2.45, 2.75) is 24.3 Å². The Morgan fingerprint density at radius 1 is 1.40 bits per heavy atom. The van der Waals surface area contributed by atoms with Crippen molar-refractivity contribution in [3.63, 3.8) is 0 Å². The van der Waals surface area contributed by atoms with Gasteiger partial charge in [0.05, 0.1) is 6.10 Å². The van der Waals surface area contributed by atoms with Crippen LogP contribution in [-0.2, 0) is 4.74 Å². The molecule has 0 N–H and O–H groups in total. The molecule has 82 valence electrons. The first-order chi connectivity index (χ1) is 7.36. The van der Waals surface area contributed by atoms with E-state index >= 15 is 0 Å². The van der Waals surface area contributed by atoms with Gasteiger partial charge in [-0.05, 0) is 25.5 Å². The Morgan fingerprint density at radius 3 is 2.73 bits per heavy atom. The maximum absolute atomic E-state index is 5.61. The summed E-state index contributed by atoms with van der Waals surface area (Å²) in [5.41, 5.74) is 0. The van der Waals surface area contributed by atoms with Gasteiger partial charge >= 0.3 is 0 Å². The van der Waals surface area contributed by atoms with Crippen LogP contribution in [-0.4, -0.2) is 18.5 Å². The average molecular weight is 222 g/mol. The fraction of sp³-hybridized carbons (Fsp3) is 0.385. The highest BCUT2D eigenvalue weighted by Crippen LogP contribution is 2.20. The van der Waals surface area contributed by atoms with Crippen LogP contribution in [0.25, 0.3) is 0 Å². The summed E-state index contributed by atoms with van der Waals surface area (Å²) in [5, 5.41) is 0. The third-order valence-electron chi connectivity index (χ3n) is 2.01. The van der Waals surface area contributed by atoms with Gasteiger partial charge in [0, 0.05) is 17.3 Å². The number of ether oxygens (including phenoxy) is 1. The highest BCUT2D eigenvalue weighted by atomic mass is 32.2. The smallest absolute Gasteiger partial charge is 0.0703 e. The molecule has 0 spiro atoms. The van der Waals surface area contributed by atoms with Crippen LogP contribution >= 0.6 is 11.8 Å². The van der Waals surface area contributed by atoms with E-state index in [4.69, 9.17) is 4.74 Å². The molecule has 0 aliphatic carbocycles. The van der Waals surface area contributed by atoms with Gasteiger partial charge in [-0.2, -0.15) is 0 Å². The molecule has 1 rings (SSSR count). The molecule has 2 heteroatoms. The highest BCUT2D eigenvalue weighted by Gasteiger charge is 2.06. The Morgan fingerprint density at radius 2 is 2.13 bits per heavy atom. The molecule has 15 heavy (non-hydrogen) atoms. The maximum atomic E-state index is 5.61. The van der Waals surface area contributed by atoms with Crippen LogP contribution in [0.1, 0.15) is 13.3 Å². The normalized spacial score (nSPS) is 12.3. The average Bonchev–Trinajstić information content (AvgIpc) is 2.28. The predicted octanol–water partition coefficient (Wildman–Crippen LogP) is 3.76. The minimum Gasteiger partial charge on any atom is -0.377 e. The van der Waals surface area contributed by atoms with E-state index in [1.54, 1.807) is 0 Å². The fourth-order valence-electron chi connectivity index (χ4n) is 1.31. The molecular weight excluding hydrogens is 204 g/mol. The lowest BCUT2D eigenvalue weighted by atomic mass is 10.3. The first-order valence-electron chi connectivity index (χ1n) is 5.27. The van der Waals surface area contributed by atoms with Gasteiger partial charge in [0.1, 0.15) is 0 Å². The summed E-state index contributed by atoms with van der Waals surface area (Å²) in [6.45, 7) is 6.55. The number of rotatable bonds is 7. The molecule has 0 aromatic heterocycles. The standard InChI is InChI=1S/C13H18OS/c1-3-8-12(14-4-2)11-15-13-9-6-5-7-10-13/h3,5-7,9-10,12H,1,4,8,11H2,2H3. The lowest BCUT2D eigenvalue weighted by molar-refractivity contribution is 0.0821. The van der Waals surface area contributed by atoms with Crippen molar-refractivity contribution in [3.8, 4) is 0 Å². The molecule has 1 aromatic rings. The van der Waals surface area contributed by atoms with E-state index in [-0.39, 0.29) is 6.10 Å². The van der Waals surface area contributed by atoms with Crippen LogP contribution in [0.4, 0.5) is 0 Å². The summed E-state index contributed by atoms with van der Waals surface area (Å²) in [6, 6.07) is 10.4. The molecule has 1 nitrogen and oxygen atoms in total. The summed E-state index contributed by atoms with van der Waals surface area (Å²) in [4.78, 5) is 1.30. The largest absolute Gasteiger partial charge is 0.377 e. The second-order valence-corrected chi connectivity index (χ2v) is 4.32. The molecule has 1 atom stereocenters.